The molecule has 2 heterocycles. The van der Waals surface area contributed by atoms with E-state index in [2.05, 4.69) is 5.32 Å². The van der Waals surface area contributed by atoms with E-state index < -0.39 is 35.7 Å². The highest BCUT2D eigenvalue weighted by Gasteiger charge is 2.36. The van der Waals surface area contributed by atoms with E-state index in [0.29, 0.717) is 18.7 Å². The van der Waals surface area contributed by atoms with Crippen LogP contribution in [0.4, 0.5) is 28.0 Å². The van der Waals surface area contributed by atoms with Crippen LogP contribution < -0.4 is 5.32 Å². The second-order valence-corrected chi connectivity index (χ2v) is 8.86. The molecule has 6 nitrogen and oxygen atoms in total. The van der Waals surface area contributed by atoms with Crippen molar-refractivity contribution in [1.82, 2.24) is 14.4 Å². The Morgan fingerprint density at radius 2 is 1.72 bits per heavy atom. The molecule has 0 saturated carbocycles. The molecule has 0 unspecified atom stereocenters. The van der Waals surface area contributed by atoms with Gasteiger partial charge in [-0.15, -0.1) is 0 Å². The Kier molecular flexibility index (Phi) is 7.05. The fraction of sp³-hybridized carbons (Fsp3) is 0.308. The second-order valence-electron chi connectivity index (χ2n) is 8.86. The molecule has 1 aliphatic heterocycles. The van der Waals surface area contributed by atoms with Crippen LogP contribution in [0.25, 0.3) is 0 Å². The van der Waals surface area contributed by atoms with Crippen LogP contribution in [-0.2, 0) is 17.5 Å². The lowest BCUT2D eigenvalue weighted by atomic mass is 9.99. The summed E-state index contributed by atoms with van der Waals surface area (Å²) < 4.78 is 55.7. The lowest BCUT2D eigenvalue weighted by molar-refractivity contribution is -0.137. The van der Waals surface area contributed by atoms with E-state index in [-0.39, 0.29) is 18.1 Å². The number of nitrogens with zero attached hydrogens (tertiary/aromatic N) is 3. The first-order valence-electron chi connectivity index (χ1n) is 11.5. The normalized spacial score (nSPS) is 15.5. The number of carbonyl (C=O) groups is 2. The number of para-hydroxylation sites is 1. The number of aromatic nitrogens is 1. The van der Waals surface area contributed by atoms with E-state index >= 15 is 0 Å². The van der Waals surface area contributed by atoms with Gasteiger partial charge in [0.05, 0.1) is 17.3 Å². The first-order valence-corrected chi connectivity index (χ1v) is 11.5. The Balaban J connectivity index is 1.58. The summed E-state index contributed by atoms with van der Waals surface area (Å²) in [6, 6.07) is 12.5. The number of hydrogen-bond acceptors (Lipinski definition) is 2. The zero-order chi connectivity index (χ0) is 26.0. The average molecular weight is 503 g/mol. The third-order valence-corrected chi connectivity index (χ3v) is 6.21. The van der Waals surface area contributed by atoms with E-state index in [1.165, 1.54) is 35.2 Å². The van der Waals surface area contributed by atoms with E-state index in [1.54, 1.807) is 30.9 Å². The molecule has 0 radical (unpaired) electrons. The maximum atomic E-state index is 13.6. The number of urea groups is 1. The molecule has 1 atom stereocenters. The largest absolute Gasteiger partial charge is 0.418 e. The molecule has 0 bridgehead atoms. The number of carbonyl (C=O) groups excluding carboxylic acids is 2. The van der Waals surface area contributed by atoms with Gasteiger partial charge in [0.15, 0.2) is 0 Å². The van der Waals surface area contributed by atoms with Crippen LogP contribution in [-0.4, -0.2) is 45.4 Å². The Hall–Kier alpha value is -3.82. The molecule has 0 fully saturated rings. The van der Waals surface area contributed by atoms with Gasteiger partial charge in [0.1, 0.15) is 12.4 Å². The molecule has 1 N–H and O–H groups in total. The molecule has 3 amide bonds. The lowest BCUT2D eigenvalue weighted by Gasteiger charge is -2.39. The number of amides is 3. The van der Waals surface area contributed by atoms with Crippen molar-refractivity contribution in [3.8, 4) is 0 Å². The summed E-state index contributed by atoms with van der Waals surface area (Å²) in [4.78, 5) is 29.4. The number of fused-ring (bicyclic) bond motifs is 1. The molecule has 0 aliphatic carbocycles. The molecule has 190 valence electrons. The molecule has 4 rings (SSSR count). The zero-order valence-electron chi connectivity index (χ0n) is 19.8. The van der Waals surface area contributed by atoms with Crippen LogP contribution in [0.2, 0.25) is 0 Å². The predicted molar refractivity (Wildman–Crippen MR) is 127 cm³/mol. The lowest BCUT2D eigenvalue weighted by Crippen LogP contribution is -2.50. The van der Waals surface area contributed by atoms with Crippen LogP contribution in [0, 0.1) is 5.82 Å². The minimum Gasteiger partial charge on any atom is -0.348 e. The standard InChI is InChI=1S/C26H26F4N4O2/c1-17(2)34(25(36)31-21-7-4-3-6-20(21)26(28,29)30)16-23(35)33-15-14-32-13-5-8-22(32)24(33)18-9-11-19(27)12-10-18/h3-13,17,24H,14-16H2,1-2H3,(H,31,36)/t24-/m1/s1. The van der Waals surface area contributed by atoms with Gasteiger partial charge in [-0.1, -0.05) is 24.3 Å². The van der Waals surface area contributed by atoms with Gasteiger partial charge in [-0.25, -0.2) is 9.18 Å². The van der Waals surface area contributed by atoms with Crippen molar-refractivity contribution in [3.05, 3.63) is 89.5 Å². The average Bonchev–Trinajstić information content (AvgIpc) is 3.31. The van der Waals surface area contributed by atoms with Gasteiger partial charge in [-0.3, -0.25) is 4.79 Å². The number of benzene rings is 2. The number of anilines is 1. The summed E-state index contributed by atoms with van der Waals surface area (Å²) in [5.74, 6) is -0.769. The summed E-state index contributed by atoms with van der Waals surface area (Å²) in [5, 5.41) is 2.32. The summed E-state index contributed by atoms with van der Waals surface area (Å²) in [7, 11) is 0. The Morgan fingerprint density at radius 1 is 1.03 bits per heavy atom. The van der Waals surface area contributed by atoms with Crippen molar-refractivity contribution >= 4 is 17.6 Å². The minimum absolute atomic E-state index is 0.337. The molecule has 36 heavy (non-hydrogen) atoms. The predicted octanol–water partition coefficient (Wildman–Crippen LogP) is 5.52. The molecule has 0 saturated heterocycles. The second kappa shape index (κ2) is 10.0. The number of nitrogens with one attached hydrogen (secondary N) is 1. The molecule has 3 aromatic rings. The molecule has 1 aromatic heterocycles. The number of halogens is 4. The van der Waals surface area contributed by atoms with E-state index in [1.807, 2.05) is 22.9 Å². The van der Waals surface area contributed by atoms with Crippen LogP contribution in [0.15, 0.2) is 66.9 Å². The van der Waals surface area contributed by atoms with Crippen molar-refractivity contribution in [2.75, 3.05) is 18.4 Å². The fourth-order valence-corrected chi connectivity index (χ4v) is 4.40. The third kappa shape index (κ3) is 5.22. The van der Waals surface area contributed by atoms with Crippen LogP contribution >= 0.6 is 0 Å². The zero-order valence-corrected chi connectivity index (χ0v) is 19.8. The van der Waals surface area contributed by atoms with Gasteiger partial charge in [0.2, 0.25) is 5.91 Å². The first kappa shape index (κ1) is 25.3. The van der Waals surface area contributed by atoms with Crippen molar-refractivity contribution in [2.45, 2.75) is 38.7 Å². The van der Waals surface area contributed by atoms with Crippen LogP contribution in [0.3, 0.4) is 0 Å². The highest BCUT2D eigenvalue weighted by molar-refractivity contribution is 5.93. The topological polar surface area (TPSA) is 57.6 Å². The molecular weight excluding hydrogens is 476 g/mol. The van der Waals surface area contributed by atoms with E-state index in [4.69, 9.17) is 0 Å². The van der Waals surface area contributed by atoms with Gasteiger partial charge in [0, 0.05) is 31.0 Å². The molecule has 10 heteroatoms. The van der Waals surface area contributed by atoms with Gasteiger partial charge in [-0.05, 0) is 55.8 Å². The van der Waals surface area contributed by atoms with Gasteiger partial charge >= 0.3 is 12.2 Å². The molecular formula is C26H26F4N4O2. The number of rotatable bonds is 5. The van der Waals surface area contributed by atoms with Gasteiger partial charge in [-0.2, -0.15) is 13.2 Å². The maximum absolute atomic E-state index is 13.6. The highest BCUT2D eigenvalue weighted by atomic mass is 19.4. The van der Waals surface area contributed by atoms with E-state index in [0.717, 1.165) is 11.8 Å². The van der Waals surface area contributed by atoms with Crippen molar-refractivity contribution in [2.24, 2.45) is 0 Å². The summed E-state index contributed by atoms with van der Waals surface area (Å²) >= 11 is 0. The quantitative estimate of drug-likeness (QED) is 0.467. The highest BCUT2D eigenvalue weighted by Crippen LogP contribution is 2.35. The summed E-state index contributed by atoms with van der Waals surface area (Å²) in [5.41, 5.74) is 0.208. The van der Waals surface area contributed by atoms with Gasteiger partial charge in [0.25, 0.3) is 0 Å². The first-order chi connectivity index (χ1) is 17.1. The SMILES string of the molecule is CC(C)N(CC(=O)N1CCn2cccc2[C@H]1c1ccc(F)cc1)C(=O)Nc1ccccc1C(F)(F)F. The smallest absolute Gasteiger partial charge is 0.348 e. The maximum Gasteiger partial charge on any atom is 0.418 e. The van der Waals surface area contributed by atoms with Crippen molar-refractivity contribution < 1.29 is 27.2 Å². The Labute approximate surface area is 206 Å². The van der Waals surface area contributed by atoms with Crippen molar-refractivity contribution in [1.29, 1.82) is 0 Å². The van der Waals surface area contributed by atoms with Crippen molar-refractivity contribution in [3.63, 3.8) is 0 Å². The van der Waals surface area contributed by atoms with Crippen LogP contribution in [0.1, 0.15) is 36.7 Å². The van der Waals surface area contributed by atoms with Crippen LogP contribution in [0.5, 0.6) is 0 Å². The Morgan fingerprint density at radius 3 is 2.39 bits per heavy atom. The minimum atomic E-state index is -4.65. The number of alkyl halides is 3. The fourth-order valence-electron chi connectivity index (χ4n) is 4.40. The summed E-state index contributed by atoms with van der Waals surface area (Å²) in [6.45, 7) is 3.92. The summed E-state index contributed by atoms with van der Waals surface area (Å²) in [6.07, 6.45) is -2.74. The Bertz CT molecular complexity index is 1240. The van der Waals surface area contributed by atoms with E-state index in [9.17, 15) is 27.2 Å². The monoisotopic (exact) mass is 502 g/mol. The molecule has 0 spiro atoms. The van der Waals surface area contributed by atoms with Gasteiger partial charge < -0.3 is 19.7 Å². The third-order valence-electron chi connectivity index (χ3n) is 6.21. The molecule has 2 aromatic carbocycles. The number of hydrogen-bond donors (Lipinski definition) is 1. The molecule has 1 aliphatic rings.